The van der Waals surface area contributed by atoms with Gasteiger partial charge in [0, 0.05) is 58.4 Å². The van der Waals surface area contributed by atoms with Crippen LogP contribution < -0.4 is 10.6 Å². The van der Waals surface area contributed by atoms with Crippen LogP contribution in [0.15, 0.2) is 29.3 Å². The van der Waals surface area contributed by atoms with Gasteiger partial charge in [-0.3, -0.25) is 14.7 Å². The Balaban J connectivity index is 1.81. The van der Waals surface area contributed by atoms with Crippen molar-refractivity contribution in [3.8, 4) is 0 Å². The molecule has 156 valence electrons. The SMILES string of the molecule is CN=C(NCCc1cccc(C(=O)N(C)C)c1)NCC(C)(C)N1CCOCC1. The summed E-state index contributed by atoms with van der Waals surface area (Å²) in [4.78, 5) is 20.5. The van der Waals surface area contributed by atoms with Gasteiger partial charge in [-0.05, 0) is 38.0 Å². The summed E-state index contributed by atoms with van der Waals surface area (Å²) in [7, 11) is 5.32. The van der Waals surface area contributed by atoms with Gasteiger partial charge in [-0.1, -0.05) is 12.1 Å². The number of morpholine rings is 1. The van der Waals surface area contributed by atoms with E-state index in [0.29, 0.717) is 0 Å². The van der Waals surface area contributed by atoms with Crippen molar-refractivity contribution in [2.24, 2.45) is 4.99 Å². The quantitative estimate of drug-likeness (QED) is 0.542. The van der Waals surface area contributed by atoms with E-state index in [-0.39, 0.29) is 11.4 Å². The number of carbonyl (C=O) groups is 1. The number of nitrogens with zero attached hydrogens (tertiary/aromatic N) is 3. The second-order valence-corrected chi connectivity index (χ2v) is 7.91. The van der Waals surface area contributed by atoms with E-state index < -0.39 is 0 Å². The molecule has 0 aromatic heterocycles. The smallest absolute Gasteiger partial charge is 0.253 e. The monoisotopic (exact) mass is 389 g/mol. The zero-order valence-electron chi connectivity index (χ0n) is 17.9. The average molecular weight is 390 g/mol. The van der Waals surface area contributed by atoms with Gasteiger partial charge in [0.25, 0.3) is 5.91 Å². The molecule has 1 heterocycles. The molecule has 1 aromatic carbocycles. The Morgan fingerprint density at radius 2 is 1.96 bits per heavy atom. The molecule has 2 rings (SSSR count). The van der Waals surface area contributed by atoms with E-state index in [9.17, 15) is 4.79 Å². The Bertz CT molecular complexity index is 667. The molecule has 28 heavy (non-hydrogen) atoms. The maximum atomic E-state index is 12.1. The van der Waals surface area contributed by atoms with Crippen LogP contribution in [0.3, 0.4) is 0 Å². The molecule has 2 N–H and O–H groups in total. The molecule has 1 amide bonds. The zero-order valence-corrected chi connectivity index (χ0v) is 17.9. The van der Waals surface area contributed by atoms with Crippen LogP contribution in [0.25, 0.3) is 0 Å². The third-order valence-corrected chi connectivity index (χ3v) is 5.07. The van der Waals surface area contributed by atoms with Crippen LogP contribution in [0.2, 0.25) is 0 Å². The van der Waals surface area contributed by atoms with Gasteiger partial charge >= 0.3 is 0 Å². The van der Waals surface area contributed by atoms with E-state index >= 15 is 0 Å². The molecular weight excluding hydrogens is 354 g/mol. The maximum Gasteiger partial charge on any atom is 0.253 e. The fourth-order valence-corrected chi connectivity index (χ4v) is 3.24. The normalized spacial score (nSPS) is 16.0. The summed E-state index contributed by atoms with van der Waals surface area (Å²) in [5, 5.41) is 6.80. The molecule has 0 radical (unpaired) electrons. The summed E-state index contributed by atoms with van der Waals surface area (Å²) < 4.78 is 5.45. The first-order valence-corrected chi connectivity index (χ1v) is 9.91. The van der Waals surface area contributed by atoms with Gasteiger partial charge in [0.1, 0.15) is 0 Å². The van der Waals surface area contributed by atoms with E-state index in [0.717, 1.165) is 62.9 Å². The van der Waals surface area contributed by atoms with Crippen molar-refractivity contribution in [1.82, 2.24) is 20.4 Å². The first-order valence-electron chi connectivity index (χ1n) is 9.91. The number of guanidine groups is 1. The van der Waals surface area contributed by atoms with Crippen molar-refractivity contribution < 1.29 is 9.53 Å². The Kier molecular flexibility index (Phi) is 8.26. The van der Waals surface area contributed by atoms with Gasteiger partial charge in [0.05, 0.1) is 13.2 Å². The van der Waals surface area contributed by atoms with Crippen LogP contribution in [0.1, 0.15) is 29.8 Å². The van der Waals surface area contributed by atoms with Gasteiger partial charge in [-0.15, -0.1) is 0 Å². The number of carbonyl (C=O) groups excluding carboxylic acids is 1. The number of aliphatic imine (C=N–C) groups is 1. The summed E-state index contributed by atoms with van der Waals surface area (Å²) in [6.07, 6.45) is 0.822. The molecule has 1 aliphatic heterocycles. The number of benzene rings is 1. The summed E-state index contributed by atoms with van der Waals surface area (Å²) >= 11 is 0. The minimum absolute atomic E-state index is 0.0256. The molecule has 0 spiro atoms. The molecule has 7 heteroatoms. The van der Waals surface area contributed by atoms with Crippen LogP contribution in [0, 0.1) is 0 Å². The van der Waals surface area contributed by atoms with Crippen molar-refractivity contribution in [2.75, 3.05) is 60.5 Å². The average Bonchev–Trinajstić information content (AvgIpc) is 2.70. The lowest BCUT2D eigenvalue weighted by molar-refractivity contribution is -0.00833. The predicted octanol–water partition coefficient (Wildman–Crippen LogP) is 1.21. The van der Waals surface area contributed by atoms with Gasteiger partial charge in [-0.25, -0.2) is 0 Å². The van der Waals surface area contributed by atoms with Crippen molar-refractivity contribution in [3.05, 3.63) is 35.4 Å². The third kappa shape index (κ3) is 6.49. The zero-order chi connectivity index (χ0) is 20.6. The number of nitrogens with one attached hydrogen (secondary N) is 2. The van der Waals surface area contributed by atoms with Crippen LogP contribution in [-0.2, 0) is 11.2 Å². The molecule has 0 unspecified atom stereocenters. The Labute approximate surface area is 169 Å². The van der Waals surface area contributed by atoms with Crippen molar-refractivity contribution >= 4 is 11.9 Å². The standard InChI is InChI=1S/C21H35N5O2/c1-21(2,26-11-13-28-14-12-26)16-24-20(22-3)23-10-9-17-7-6-8-18(15-17)19(27)25(4)5/h6-8,15H,9-14,16H2,1-5H3,(H2,22,23,24). The molecule has 0 bridgehead atoms. The lowest BCUT2D eigenvalue weighted by atomic mass is 10.0. The summed E-state index contributed by atoms with van der Waals surface area (Å²) in [5.41, 5.74) is 1.88. The molecule has 1 fully saturated rings. The first kappa shape index (κ1) is 22.2. The Morgan fingerprint density at radius 1 is 1.25 bits per heavy atom. The summed E-state index contributed by atoms with van der Waals surface area (Å²) in [5.74, 6) is 0.819. The topological polar surface area (TPSA) is 69.2 Å². The molecule has 7 nitrogen and oxygen atoms in total. The van der Waals surface area contributed by atoms with Gasteiger partial charge in [0.15, 0.2) is 5.96 Å². The van der Waals surface area contributed by atoms with E-state index in [1.165, 1.54) is 0 Å². The number of amides is 1. The predicted molar refractivity (Wildman–Crippen MR) is 114 cm³/mol. The highest BCUT2D eigenvalue weighted by Crippen LogP contribution is 2.15. The van der Waals surface area contributed by atoms with Crippen molar-refractivity contribution in [1.29, 1.82) is 0 Å². The van der Waals surface area contributed by atoms with Crippen LogP contribution >= 0.6 is 0 Å². The van der Waals surface area contributed by atoms with E-state index in [1.54, 1.807) is 26.0 Å². The fraction of sp³-hybridized carbons (Fsp3) is 0.619. The highest BCUT2D eigenvalue weighted by Gasteiger charge is 2.28. The second kappa shape index (κ2) is 10.4. The van der Waals surface area contributed by atoms with Crippen LogP contribution in [0.4, 0.5) is 0 Å². The highest BCUT2D eigenvalue weighted by atomic mass is 16.5. The molecule has 1 saturated heterocycles. The van der Waals surface area contributed by atoms with Crippen molar-refractivity contribution in [3.63, 3.8) is 0 Å². The number of rotatable bonds is 7. The second-order valence-electron chi connectivity index (χ2n) is 7.91. The van der Waals surface area contributed by atoms with Crippen LogP contribution in [0.5, 0.6) is 0 Å². The Hall–Kier alpha value is -2.12. The number of hydrogen-bond donors (Lipinski definition) is 2. The molecule has 0 aliphatic carbocycles. The van der Waals surface area contributed by atoms with E-state index in [4.69, 9.17) is 4.74 Å². The Morgan fingerprint density at radius 3 is 2.61 bits per heavy atom. The highest BCUT2D eigenvalue weighted by molar-refractivity contribution is 5.94. The molecule has 1 aliphatic rings. The van der Waals surface area contributed by atoms with Crippen molar-refractivity contribution in [2.45, 2.75) is 25.8 Å². The summed E-state index contributed by atoms with van der Waals surface area (Å²) in [6.45, 7) is 9.55. The van der Waals surface area contributed by atoms with E-state index in [1.807, 2.05) is 24.3 Å². The minimum atomic E-state index is 0.0256. The van der Waals surface area contributed by atoms with Gasteiger partial charge in [0.2, 0.25) is 0 Å². The third-order valence-electron chi connectivity index (χ3n) is 5.07. The van der Waals surface area contributed by atoms with Gasteiger partial charge < -0.3 is 20.3 Å². The number of hydrogen-bond acceptors (Lipinski definition) is 4. The minimum Gasteiger partial charge on any atom is -0.379 e. The molecule has 1 aromatic rings. The van der Waals surface area contributed by atoms with Gasteiger partial charge in [-0.2, -0.15) is 0 Å². The van der Waals surface area contributed by atoms with E-state index in [2.05, 4.69) is 34.4 Å². The lowest BCUT2D eigenvalue weighted by Crippen LogP contribution is -2.56. The largest absolute Gasteiger partial charge is 0.379 e. The number of ether oxygens (including phenoxy) is 1. The molecular formula is C21H35N5O2. The fourth-order valence-electron chi connectivity index (χ4n) is 3.24. The summed E-state index contributed by atoms with van der Waals surface area (Å²) in [6, 6.07) is 7.80. The molecule has 0 atom stereocenters. The molecule has 0 saturated carbocycles. The lowest BCUT2D eigenvalue weighted by Gasteiger charge is -2.41. The first-order chi connectivity index (χ1) is 13.3. The maximum absolute atomic E-state index is 12.1. The van der Waals surface area contributed by atoms with Crippen LogP contribution in [-0.4, -0.2) is 87.7 Å².